The Morgan fingerprint density at radius 3 is 2.94 bits per heavy atom. The van der Waals surface area contributed by atoms with Crippen LogP contribution in [0.2, 0.25) is 0 Å². The molecule has 1 rings (SSSR count). The fourth-order valence-corrected chi connectivity index (χ4v) is 1.65. The number of hydrogen-bond acceptors (Lipinski definition) is 3. The first-order chi connectivity index (χ1) is 8.83. The summed E-state index contributed by atoms with van der Waals surface area (Å²) in [5.74, 6) is 0. The maximum atomic E-state index is 5.24. The van der Waals surface area contributed by atoms with E-state index in [0.717, 1.165) is 39.1 Å². The Hall–Kier alpha value is -1.20. The van der Waals surface area contributed by atoms with E-state index in [-0.39, 0.29) is 0 Å². The highest BCUT2D eigenvalue weighted by molar-refractivity contribution is 7.80. The molecule has 0 aliphatic heterocycles. The van der Waals surface area contributed by atoms with E-state index in [1.807, 2.05) is 19.2 Å². The van der Waals surface area contributed by atoms with Crippen LogP contribution in [0.15, 0.2) is 24.5 Å². The van der Waals surface area contributed by atoms with Crippen LogP contribution in [-0.2, 0) is 11.2 Å². The molecule has 0 amide bonds. The lowest BCUT2D eigenvalue weighted by Crippen LogP contribution is -2.37. The summed E-state index contributed by atoms with van der Waals surface area (Å²) >= 11 is 5.17. The molecule has 1 aromatic rings. The molecule has 0 saturated carbocycles. The molecule has 0 spiro atoms. The number of ether oxygens (including phenoxy) is 1. The molecule has 0 aromatic carbocycles. The first-order valence-corrected chi connectivity index (χ1v) is 6.72. The molecule has 0 bridgehead atoms. The molecule has 0 aliphatic carbocycles. The molecule has 0 unspecified atom stereocenters. The smallest absolute Gasteiger partial charge is 0.166 e. The fraction of sp³-hybridized carbons (Fsp3) is 0.538. The number of nitrogens with zero attached hydrogens (tertiary/aromatic N) is 1. The highest BCUT2D eigenvalue weighted by atomic mass is 32.1. The zero-order valence-corrected chi connectivity index (χ0v) is 11.6. The fourth-order valence-electron chi connectivity index (χ4n) is 1.45. The van der Waals surface area contributed by atoms with Gasteiger partial charge in [0, 0.05) is 38.7 Å². The zero-order chi connectivity index (χ0) is 13.1. The number of aromatic nitrogens is 1. The van der Waals surface area contributed by atoms with Gasteiger partial charge in [0.1, 0.15) is 0 Å². The van der Waals surface area contributed by atoms with Gasteiger partial charge in [0.2, 0.25) is 0 Å². The lowest BCUT2D eigenvalue weighted by molar-refractivity contribution is 0.145. The Balaban J connectivity index is 2.00. The predicted molar refractivity (Wildman–Crippen MR) is 77.7 cm³/mol. The van der Waals surface area contributed by atoms with E-state index in [4.69, 9.17) is 17.0 Å². The van der Waals surface area contributed by atoms with Gasteiger partial charge in [-0.3, -0.25) is 4.98 Å². The summed E-state index contributed by atoms with van der Waals surface area (Å²) in [5, 5.41) is 7.03. The molecule has 0 radical (unpaired) electrons. The van der Waals surface area contributed by atoms with Crippen molar-refractivity contribution in [3.63, 3.8) is 0 Å². The lowest BCUT2D eigenvalue weighted by Gasteiger charge is -2.10. The quantitative estimate of drug-likeness (QED) is 0.552. The molecule has 100 valence electrons. The summed E-state index contributed by atoms with van der Waals surface area (Å²) in [4.78, 5) is 4.07. The minimum Gasteiger partial charge on any atom is -0.382 e. The average Bonchev–Trinajstić information content (AvgIpc) is 2.40. The van der Waals surface area contributed by atoms with Gasteiger partial charge in [0.15, 0.2) is 5.11 Å². The first-order valence-electron chi connectivity index (χ1n) is 6.31. The van der Waals surface area contributed by atoms with Gasteiger partial charge in [-0.25, -0.2) is 0 Å². The van der Waals surface area contributed by atoms with E-state index in [9.17, 15) is 0 Å². The maximum absolute atomic E-state index is 5.24. The van der Waals surface area contributed by atoms with Crippen LogP contribution in [0, 0.1) is 0 Å². The Bertz CT molecular complexity index is 332. The van der Waals surface area contributed by atoms with E-state index in [1.165, 1.54) is 5.56 Å². The summed E-state index contributed by atoms with van der Waals surface area (Å²) in [7, 11) is 0. The molecular weight excluding hydrogens is 246 g/mol. The molecule has 1 aromatic heterocycles. The van der Waals surface area contributed by atoms with Crippen LogP contribution >= 0.6 is 12.2 Å². The van der Waals surface area contributed by atoms with Crippen molar-refractivity contribution < 1.29 is 4.74 Å². The molecule has 1 heterocycles. The molecule has 2 N–H and O–H groups in total. The van der Waals surface area contributed by atoms with Crippen molar-refractivity contribution in [2.75, 3.05) is 26.3 Å². The van der Waals surface area contributed by atoms with Crippen LogP contribution < -0.4 is 10.6 Å². The van der Waals surface area contributed by atoms with Gasteiger partial charge >= 0.3 is 0 Å². The van der Waals surface area contributed by atoms with Gasteiger partial charge in [0.25, 0.3) is 0 Å². The number of nitrogens with one attached hydrogen (secondary N) is 2. The molecule has 0 saturated heterocycles. The minimum absolute atomic E-state index is 0.704. The van der Waals surface area contributed by atoms with Crippen LogP contribution in [0.25, 0.3) is 0 Å². The molecule has 0 atom stereocenters. The first kappa shape index (κ1) is 14.9. The van der Waals surface area contributed by atoms with Crippen molar-refractivity contribution in [3.8, 4) is 0 Å². The van der Waals surface area contributed by atoms with Crippen molar-refractivity contribution in [2.24, 2.45) is 0 Å². The standard InChI is InChI=1S/C13H21N3OS/c1-2-17-10-4-8-15-13(18)16-9-6-12-5-3-7-14-11-12/h3,5,7,11H,2,4,6,8-10H2,1H3,(H2,15,16,18). The van der Waals surface area contributed by atoms with Gasteiger partial charge in [-0.2, -0.15) is 0 Å². The van der Waals surface area contributed by atoms with E-state index in [2.05, 4.69) is 21.7 Å². The number of rotatable bonds is 8. The number of thiocarbonyl (C=S) groups is 1. The van der Waals surface area contributed by atoms with Gasteiger partial charge < -0.3 is 15.4 Å². The lowest BCUT2D eigenvalue weighted by atomic mass is 10.2. The SMILES string of the molecule is CCOCCCNC(=S)NCCc1cccnc1. The van der Waals surface area contributed by atoms with Crippen LogP contribution in [0.1, 0.15) is 18.9 Å². The Morgan fingerprint density at radius 1 is 1.39 bits per heavy atom. The third kappa shape index (κ3) is 7.19. The van der Waals surface area contributed by atoms with Crippen molar-refractivity contribution in [1.82, 2.24) is 15.6 Å². The molecular formula is C13H21N3OS. The number of pyridine rings is 1. The summed E-state index contributed by atoms with van der Waals surface area (Å²) in [6.07, 6.45) is 5.55. The van der Waals surface area contributed by atoms with Gasteiger partial charge in [0.05, 0.1) is 0 Å². The normalized spacial score (nSPS) is 10.1. The molecule has 18 heavy (non-hydrogen) atoms. The van der Waals surface area contributed by atoms with Crippen molar-refractivity contribution >= 4 is 17.3 Å². The van der Waals surface area contributed by atoms with Gasteiger partial charge in [-0.1, -0.05) is 6.07 Å². The Kier molecular flexibility index (Phi) is 8.08. The van der Waals surface area contributed by atoms with Crippen LogP contribution in [0.4, 0.5) is 0 Å². The van der Waals surface area contributed by atoms with Crippen LogP contribution in [0.5, 0.6) is 0 Å². The highest BCUT2D eigenvalue weighted by Crippen LogP contribution is 1.95. The van der Waals surface area contributed by atoms with E-state index < -0.39 is 0 Å². The summed E-state index contributed by atoms with van der Waals surface area (Å²) in [5.41, 5.74) is 1.21. The average molecular weight is 267 g/mol. The molecule has 0 fully saturated rings. The largest absolute Gasteiger partial charge is 0.382 e. The Morgan fingerprint density at radius 2 is 2.22 bits per heavy atom. The molecule has 5 heteroatoms. The van der Waals surface area contributed by atoms with Gasteiger partial charge in [-0.05, 0) is 43.6 Å². The van der Waals surface area contributed by atoms with Crippen LogP contribution in [-0.4, -0.2) is 36.4 Å². The second-order valence-electron chi connectivity index (χ2n) is 3.84. The second kappa shape index (κ2) is 9.79. The summed E-state index contributed by atoms with van der Waals surface area (Å²) in [6, 6.07) is 4.01. The van der Waals surface area contributed by atoms with E-state index >= 15 is 0 Å². The molecule has 0 aliphatic rings. The van der Waals surface area contributed by atoms with Crippen molar-refractivity contribution in [3.05, 3.63) is 30.1 Å². The minimum atomic E-state index is 0.704. The Labute approximate surface area is 114 Å². The van der Waals surface area contributed by atoms with Crippen LogP contribution in [0.3, 0.4) is 0 Å². The zero-order valence-electron chi connectivity index (χ0n) is 10.8. The van der Waals surface area contributed by atoms with Gasteiger partial charge in [-0.15, -0.1) is 0 Å². The highest BCUT2D eigenvalue weighted by Gasteiger charge is 1.96. The maximum Gasteiger partial charge on any atom is 0.166 e. The van der Waals surface area contributed by atoms with E-state index in [0.29, 0.717) is 5.11 Å². The second-order valence-corrected chi connectivity index (χ2v) is 4.25. The monoisotopic (exact) mass is 267 g/mol. The summed E-state index contributed by atoms with van der Waals surface area (Å²) in [6.45, 7) is 5.22. The predicted octanol–water partition coefficient (Wildman–Crippen LogP) is 1.51. The topological polar surface area (TPSA) is 46.2 Å². The third-order valence-corrected chi connectivity index (χ3v) is 2.67. The number of hydrogen-bond donors (Lipinski definition) is 2. The van der Waals surface area contributed by atoms with Crippen molar-refractivity contribution in [1.29, 1.82) is 0 Å². The van der Waals surface area contributed by atoms with Crippen molar-refractivity contribution in [2.45, 2.75) is 19.8 Å². The van der Waals surface area contributed by atoms with E-state index in [1.54, 1.807) is 6.20 Å². The molecule has 4 nitrogen and oxygen atoms in total. The summed E-state index contributed by atoms with van der Waals surface area (Å²) < 4.78 is 5.24. The third-order valence-electron chi connectivity index (χ3n) is 2.38.